The van der Waals surface area contributed by atoms with Gasteiger partial charge >= 0.3 is 7.12 Å². The summed E-state index contributed by atoms with van der Waals surface area (Å²) in [6, 6.07) is 3.78. The molecule has 1 aliphatic heterocycles. The largest absolute Gasteiger partial charge is 0.488 e. The number of nitrogens with one attached hydrogen (secondary N) is 1. The van der Waals surface area contributed by atoms with E-state index in [0.29, 0.717) is 17.3 Å². The second-order valence-corrected chi connectivity index (χ2v) is 6.13. The topological polar surface area (TPSA) is 65.4 Å². The molecule has 3 rings (SSSR count). The zero-order valence-corrected chi connectivity index (χ0v) is 11.9. The predicted octanol–water partition coefficient (Wildman–Crippen LogP) is 0.886. The highest BCUT2D eigenvalue weighted by Crippen LogP contribution is 2.34. The molecule has 4 nitrogen and oxygen atoms in total. The molecule has 5 heteroatoms. The summed E-state index contributed by atoms with van der Waals surface area (Å²) >= 11 is 0. The third-order valence-electron chi connectivity index (χ3n) is 4.72. The number of rotatable bonds is 3. The minimum absolute atomic E-state index is 0.454. The molecule has 1 saturated heterocycles. The summed E-state index contributed by atoms with van der Waals surface area (Å²) in [6.45, 7) is 2.05. The van der Waals surface area contributed by atoms with Crippen molar-refractivity contribution in [2.75, 3.05) is 13.1 Å². The van der Waals surface area contributed by atoms with Gasteiger partial charge in [-0.1, -0.05) is 12.8 Å². The van der Waals surface area contributed by atoms with Gasteiger partial charge in [0.05, 0.1) is 0 Å². The summed E-state index contributed by atoms with van der Waals surface area (Å²) in [7, 11) is -1.39. The first-order valence-electron chi connectivity index (χ1n) is 7.82. The van der Waals surface area contributed by atoms with Crippen LogP contribution in [0.3, 0.4) is 0 Å². The molecule has 1 aliphatic carbocycles. The second-order valence-electron chi connectivity index (χ2n) is 6.13. The first-order chi connectivity index (χ1) is 9.74. The zero-order valence-electron chi connectivity index (χ0n) is 11.9. The van der Waals surface area contributed by atoms with E-state index in [1.54, 1.807) is 0 Å². The number of hydrogen-bond donors (Lipinski definition) is 3. The normalized spacial score (nSPS) is 21.3. The van der Waals surface area contributed by atoms with Gasteiger partial charge in [0.25, 0.3) is 0 Å². The Morgan fingerprint density at radius 1 is 0.950 bits per heavy atom. The Kier molecular flexibility index (Phi) is 4.39. The predicted molar refractivity (Wildman–Crippen MR) is 80.1 cm³/mol. The lowest BCUT2D eigenvalue weighted by Crippen LogP contribution is -2.33. The molecule has 20 heavy (non-hydrogen) atoms. The number of hydrogen-bond acceptors (Lipinski definition) is 4. The van der Waals surface area contributed by atoms with Gasteiger partial charge in [-0.3, -0.25) is 4.98 Å². The van der Waals surface area contributed by atoms with E-state index >= 15 is 0 Å². The maximum Gasteiger partial charge on any atom is 0.488 e. The van der Waals surface area contributed by atoms with Crippen LogP contribution in [0.4, 0.5) is 0 Å². The van der Waals surface area contributed by atoms with E-state index in [1.807, 2.05) is 12.1 Å². The number of nitrogens with zero attached hydrogens (tertiary/aromatic N) is 1. The maximum absolute atomic E-state index is 9.53. The minimum atomic E-state index is -1.39. The quantitative estimate of drug-likeness (QED) is 0.716. The molecule has 2 fully saturated rings. The summed E-state index contributed by atoms with van der Waals surface area (Å²) in [5.41, 5.74) is 2.73. The van der Waals surface area contributed by atoms with E-state index in [-0.39, 0.29) is 0 Å². The van der Waals surface area contributed by atoms with Crippen molar-refractivity contribution in [1.82, 2.24) is 10.3 Å². The summed E-state index contributed by atoms with van der Waals surface area (Å²) in [5, 5.41) is 22.4. The minimum Gasteiger partial charge on any atom is -0.423 e. The average molecular weight is 274 g/mol. The van der Waals surface area contributed by atoms with Gasteiger partial charge < -0.3 is 15.4 Å². The standard InChI is InChI=1S/C15H23BN2O2/c19-16(20)13-9-14(11-3-1-2-4-11)18-15(10-13)12-5-7-17-8-6-12/h9-12,17,19-20H,1-8H2. The van der Waals surface area contributed by atoms with Crippen LogP contribution < -0.4 is 10.8 Å². The van der Waals surface area contributed by atoms with E-state index in [9.17, 15) is 10.0 Å². The first kappa shape index (κ1) is 14.0. The van der Waals surface area contributed by atoms with Crippen LogP contribution in [-0.4, -0.2) is 35.2 Å². The molecule has 3 N–H and O–H groups in total. The first-order valence-corrected chi connectivity index (χ1v) is 7.82. The van der Waals surface area contributed by atoms with Crippen LogP contribution in [0.25, 0.3) is 0 Å². The second kappa shape index (κ2) is 6.25. The maximum atomic E-state index is 9.53. The summed E-state index contributed by atoms with van der Waals surface area (Å²) in [4.78, 5) is 4.87. The lowest BCUT2D eigenvalue weighted by Gasteiger charge is -2.24. The Bertz CT molecular complexity index is 455. The molecule has 0 radical (unpaired) electrons. The molecule has 0 spiro atoms. The fourth-order valence-corrected chi connectivity index (χ4v) is 3.50. The molecule has 2 aliphatic rings. The zero-order chi connectivity index (χ0) is 13.9. The van der Waals surface area contributed by atoms with E-state index in [2.05, 4.69) is 5.32 Å². The summed E-state index contributed by atoms with van der Waals surface area (Å²) < 4.78 is 0. The van der Waals surface area contributed by atoms with E-state index in [0.717, 1.165) is 37.3 Å². The lowest BCUT2D eigenvalue weighted by atomic mass is 9.77. The fraction of sp³-hybridized carbons (Fsp3) is 0.667. The van der Waals surface area contributed by atoms with Gasteiger partial charge in [0, 0.05) is 23.2 Å². The molecule has 0 bridgehead atoms. The molecular formula is C15H23BN2O2. The Labute approximate surface area is 120 Å². The molecule has 108 valence electrons. The van der Waals surface area contributed by atoms with Gasteiger partial charge in [-0.05, 0) is 56.4 Å². The van der Waals surface area contributed by atoms with Crippen molar-refractivity contribution in [1.29, 1.82) is 0 Å². The highest BCUT2D eigenvalue weighted by Gasteiger charge is 2.24. The number of pyridine rings is 1. The van der Waals surface area contributed by atoms with Gasteiger partial charge in [-0.2, -0.15) is 0 Å². The molecule has 0 atom stereocenters. The highest BCUT2D eigenvalue weighted by molar-refractivity contribution is 6.58. The highest BCUT2D eigenvalue weighted by atomic mass is 16.4. The van der Waals surface area contributed by atoms with Crippen LogP contribution in [0.2, 0.25) is 0 Å². The molecule has 1 aromatic heterocycles. The van der Waals surface area contributed by atoms with Crippen LogP contribution in [0.15, 0.2) is 12.1 Å². The molecular weight excluding hydrogens is 251 g/mol. The van der Waals surface area contributed by atoms with Gasteiger partial charge in [0.2, 0.25) is 0 Å². The third kappa shape index (κ3) is 3.05. The van der Waals surface area contributed by atoms with Crippen LogP contribution >= 0.6 is 0 Å². The van der Waals surface area contributed by atoms with Gasteiger partial charge in [-0.25, -0.2) is 0 Å². The van der Waals surface area contributed by atoms with Crippen molar-refractivity contribution in [3.8, 4) is 0 Å². The van der Waals surface area contributed by atoms with Crippen molar-refractivity contribution in [3.63, 3.8) is 0 Å². The van der Waals surface area contributed by atoms with Gasteiger partial charge in [0.15, 0.2) is 0 Å². The average Bonchev–Trinajstić information content (AvgIpc) is 3.02. The van der Waals surface area contributed by atoms with Crippen molar-refractivity contribution in [2.24, 2.45) is 0 Å². The molecule has 0 aromatic carbocycles. The molecule has 2 heterocycles. The van der Waals surface area contributed by atoms with Crippen molar-refractivity contribution >= 4 is 12.6 Å². The van der Waals surface area contributed by atoms with Crippen molar-refractivity contribution in [3.05, 3.63) is 23.5 Å². The monoisotopic (exact) mass is 274 g/mol. The van der Waals surface area contributed by atoms with E-state index < -0.39 is 7.12 Å². The van der Waals surface area contributed by atoms with E-state index in [1.165, 1.54) is 25.7 Å². The number of piperidine rings is 1. The fourth-order valence-electron chi connectivity index (χ4n) is 3.50. The molecule has 0 unspecified atom stereocenters. The van der Waals surface area contributed by atoms with Gasteiger partial charge in [0.1, 0.15) is 0 Å². The Morgan fingerprint density at radius 3 is 2.05 bits per heavy atom. The summed E-state index contributed by atoms with van der Waals surface area (Å²) in [5.74, 6) is 0.962. The molecule has 1 aromatic rings. The Balaban J connectivity index is 1.91. The van der Waals surface area contributed by atoms with Crippen LogP contribution in [0.5, 0.6) is 0 Å². The molecule has 1 saturated carbocycles. The third-order valence-corrected chi connectivity index (χ3v) is 4.72. The van der Waals surface area contributed by atoms with Crippen LogP contribution in [0.1, 0.15) is 61.7 Å². The lowest BCUT2D eigenvalue weighted by molar-refractivity contribution is 0.424. The molecule has 0 amide bonds. The SMILES string of the molecule is OB(O)c1cc(C2CCCC2)nc(C2CCNCC2)c1. The van der Waals surface area contributed by atoms with E-state index in [4.69, 9.17) is 4.98 Å². The van der Waals surface area contributed by atoms with Crippen LogP contribution in [-0.2, 0) is 0 Å². The Morgan fingerprint density at radius 2 is 1.50 bits per heavy atom. The smallest absolute Gasteiger partial charge is 0.423 e. The van der Waals surface area contributed by atoms with Crippen molar-refractivity contribution in [2.45, 2.75) is 50.4 Å². The Hall–Kier alpha value is -0.905. The van der Waals surface area contributed by atoms with Gasteiger partial charge in [-0.15, -0.1) is 0 Å². The van der Waals surface area contributed by atoms with Crippen molar-refractivity contribution < 1.29 is 10.0 Å². The van der Waals surface area contributed by atoms with Crippen LogP contribution in [0, 0.1) is 0 Å². The summed E-state index contributed by atoms with van der Waals surface area (Å²) in [6.07, 6.45) is 7.07. The number of aromatic nitrogens is 1.